The van der Waals surface area contributed by atoms with Gasteiger partial charge in [-0.25, -0.2) is 10.1 Å². The summed E-state index contributed by atoms with van der Waals surface area (Å²) >= 11 is 0.224. The molecule has 1 N–H and O–H groups in total. The van der Waals surface area contributed by atoms with Gasteiger partial charge in [-0.1, -0.05) is 15.8 Å². The Kier molecular flexibility index (Phi) is 6.51. The number of hydrazone groups is 1. The first-order valence-electron chi connectivity index (χ1n) is 3.33. The number of hydrazine groups is 1. The Balaban J connectivity index is 5.09. The highest BCUT2D eigenvalue weighted by atomic mass is 32.2. The minimum absolute atomic E-state index is 0.224. The van der Waals surface area contributed by atoms with Gasteiger partial charge in [0.2, 0.25) is 0 Å². The van der Waals surface area contributed by atoms with Gasteiger partial charge in [-0.15, -0.1) is 0 Å². The summed E-state index contributed by atoms with van der Waals surface area (Å²) in [7, 11) is -1.78. The average molecular weight is 271 g/mol. The maximum atomic E-state index is 10.9. The van der Waals surface area contributed by atoms with E-state index in [-0.39, 0.29) is 11.9 Å². The Labute approximate surface area is 101 Å². The topological polar surface area (TPSA) is 140 Å². The monoisotopic (exact) mass is 271 g/mol. The summed E-state index contributed by atoms with van der Waals surface area (Å²) in [6, 6.07) is -1.19. The summed E-state index contributed by atoms with van der Waals surface area (Å²) in [5, 5.41) is 33.8. The molecule has 1 unspecified atom stereocenters. The third-order valence-electron chi connectivity index (χ3n) is 0.867. The fraction of sp³-hybridized carbons (Fsp3) is 0. The standard InChI is InChI=1S/C5HN7O3S2/c1-8-5(13)11(16-2-6)9-4-17(3-7)10-12(14)15/h10H. The summed E-state index contributed by atoms with van der Waals surface area (Å²) in [5.74, 6) is 0. The Morgan fingerprint density at radius 1 is 1.71 bits per heavy atom. The lowest BCUT2D eigenvalue weighted by molar-refractivity contribution is -0.516. The van der Waals surface area contributed by atoms with Crippen molar-refractivity contribution >= 4 is 33.8 Å². The zero-order valence-electron chi connectivity index (χ0n) is 7.72. The van der Waals surface area contributed by atoms with Crippen molar-refractivity contribution in [2.75, 3.05) is 0 Å². The number of nitro groups is 1. The van der Waals surface area contributed by atoms with E-state index in [4.69, 9.17) is 17.1 Å². The first kappa shape index (κ1) is 14.4. The second-order valence-electron chi connectivity index (χ2n) is 1.79. The van der Waals surface area contributed by atoms with E-state index in [0.717, 1.165) is 0 Å². The highest BCUT2D eigenvalue weighted by Gasteiger charge is 2.16. The van der Waals surface area contributed by atoms with E-state index in [0.29, 0.717) is 4.41 Å². The molecule has 0 heterocycles. The summed E-state index contributed by atoms with van der Waals surface area (Å²) < 4.78 is 0.353. The molecule has 0 fully saturated rings. The van der Waals surface area contributed by atoms with Crippen molar-refractivity contribution in [3.63, 3.8) is 0 Å². The first-order valence-corrected chi connectivity index (χ1v) is 5.33. The van der Waals surface area contributed by atoms with E-state index in [2.05, 4.69) is 9.95 Å². The number of hydrogen-bond donors (Lipinski definition) is 1. The lowest BCUT2D eigenvalue weighted by Crippen LogP contribution is -2.15. The van der Waals surface area contributed by atoms with Gasteiger partial charge in [0.25, 0.3) is 0 Å². The highest BCUT2D eigenvalue weighted by Crippen LogP contribution is 2.10. The van der Waals surface area contributed by atoms with Crippen LogP contribution in [0, 0.1) is 38.0 Å². The number of isothiocyanates is 1. The predicted molar refractivity (Wildman–Crippen MR) is 57.8 cm³/mol. The number of nitrogens with zero attached hydrogens (tertiary/aromatic N) is 6. The van der Waals surface area contributed by atoms with Crippen molar-refractivity contribution in [1.82, 2.24) is 9.25 Å². The van der Waals surface area contributed by atoms with Crippen LogP contribution in [-0.2, 0) is 0 Å². The van der Waals surface area contributed by atoms with Gasteiger partial charge in [0.05, 0.1) is 0 Å². The van der Waals surface area contributed by atoms with Crippen molar-refractivity contribution < 1.29 is 9.83 Å². The lowest BCUT2D eigenvalue weighted by atomic mass is 11.1. The molecule has 0 bridgehead atoms. The Morgan fingerprint density at radius 2 is 2.35 bits per heavy atom. The van der Waals surface area contributed by atoms with Crippen molar-refractivity contribution in [3.8, 4) is 10.8 Å². The summed E-state index contributed by atoms with van der Waals surface area (Å²) in [6.07, 6.45) is 0. The molecule has 12 heteroatoms. The Bertz CT molecular complexity index is 517. The van der Waals surface area contributed by atoms with Crippen molar-refractivity contribution in [2.24, 2.45) is 5.10 Å². The average Bonchev–Trinajstić information content (AvgIpc) is 2.31. The van der Waals surface area contributed by atoms with E-state index in [1.165, 1.54) is 10.8 Å². The van der Waals surface area contributed by atoms with Crippen LogP contribution in [-0.4, -0.2) is 20.6 Å². The van der Waals surface area contributed by atoms with Crippen LogP contribution in [0.5, 0.6) is 0 Å². The maximum Gasteiger partial charge on any atom is 0.477 e. The molecule has 86 valence electrons. The Hall–Kier alpha value is -2.58. The Morgan fingerprint density at radius 3 is 2.76 bits per heavy atom. The summed E-state index contributed by atoms with van der Waals surface area (Å²) in [6.45, 7) is 6.40. The maximum absolute atomic E-state index is 10.9. The molecule has 0 spiro atoms. The molecule has 0 radical (unpaired) electrons. The minimum Gasteiger partial charge on any atom is -0.326 e. The number of nitriles is 2. The van der Waals surface area contributed by atoms with Crippen LogP contribution >= 0.6 is 22.6 Å². The van der Waals surface area contributed by atoms with Gasteiger partial charge in [0.1, 0.15) is 15.8 Å². The number of carbonyl (C=O) groups is 1. The molecule has 1 atom stereocenters. The van der Waals surface area contributed by atoms with Gasteiger partial charge in [-0.2, -0.15) is 10.5 Å². The van der Waals surface area contributed by atoms with E-state index < -0.39 is 21.7 Å². The fourth-order valence-corrected chi connectivity index (χ4v) is 1.16. The second kappa shape index (κ2) is 7.68. The SMILES string of the molecule is [C-]#[N+]C(=O)N(N=C=S(C#N)N[N+](=O)[O-])SC#N. The number of hydrogen-bond acceptors (Lipinski definition) is 7. The van der Waals surface area contributed by atoms with Gasteiger partial charge in [0, 0.05) is 0 Å². The lowest BCUT2D eigenvalue weighted by Gasteiger charge is -1.98. The molecule has 0 aliphatic rings. The molecule has 17 heavy (non-hydrogen) atoms. The number of nitrogens with one attached hydrogen (secondary N) is 1. The molecule has 10 nitrogen and oxygen atoms in total. The molecule has 0 aromatic heterocycles. The molecule has 0 aliphatic carbocycles. The summed E-state index contributed by atoms with van der Waals surface area (Å²) in [4.78, 5) is 24.9. The minimum atomic E-state index is -1.78. The van der Waals surface area contributed by atoms with Crippen molar-refractivity contribution in [3.05, 3.63) is 21.5 Å². The predicted octanol–water partition coefficient (Wildman–Crippen LogP) is 0.724. The van der Waals surface area contributed by atoms with Crippen molar-refractivity contribution in [1.29, 1.82) is 10.5 Å². The third-order valence-corrected chi connectivity index (χ3v) is 2.14. The molecule has 0 rings (SSSR count). The van der Waals surface area contributed by atoms with Gasteiger partial charge < -0.3 is 4.85 Å². The van der Waals surface area contributed by atoms with Gasteiger partial charge >= 0.3 is 6.03 Å². The fourth-order valence-electron chi connectivity index (χ4n) is 0.397. The van der Waals surface area contributed by atoms with Crippen LogP contribution in [0.2, 0.25) is 0 Å². The first-order chi connectivity index (χ1) is 8.04. The molecule has 0 aromatic rings. The van der Waals surface area contributed by atoms with Crippen LogP contribution in [0.1, 0.15) is 0 Å². The van der Waals surface area contributed by atoms with Gasteiger partial charge in [0.15, 0.2) is 27.8 Å². The third kappa shape index (κ3) is 5.77. The van der Waals surface area contributed by atoms with E-state index in [1.807, 2.05) is 5.16 Å². The molecule has 0 saturated heterocycles. The largest absolute Gasteiger partial charge is 0.477 e. The van der Waals surface area contributed by atoms with Gasteiger partial charge in [-0.05, 0) is 5.10 Å². The molecular weight excluding hydrogens is 270 g/mol. The quantitative estimate of drug-likeness (QED) is 0.151. The van der Waals surface area contributed by atoms with Crippen LogP contribution < -0.4 is 4.83 Å². The number of urea groups is 1. The summed E-state index contributed by atoms with van der Waals surface area (Å²) in [5.41, 5.74) is 0. The molecule has 0 aromatic carbocycles. The number of amides is 2. The zero-order chi connectivity index (χ0) is 13.3. The smallest absolute Gasteiger partial charge is 0.326 e. The van der Waals surface area contributed by atoms with E-state index in [9.17, 15) is 14.9 Å². The van der Waals surface area contributed by atoms with E-state index >= 15 is 0 Å². The van der Waals surface area contributed by atoms with Crippen LogP contribution in [0.4, 0.5) is 4.79 Å². The van der Waals surface area contributed by atoms with Crippen LogP contribution in [0.3, 0.4) is 0 Å². The van der Waals surface area contributed by atoms with E-state index in [1.54, 1.807) is 4.83 Å². The molecule has 0 saturated carbocycles. The normalized spacial score (nSPS) is 9.47. The number of thiocyanates is 2. The second-order valence-corrected chi connectivity index (χ2v) is 3.66. The number of rotatable bonds is 4. The van der Waals surface area contributed by atoms with Gasteiger partial charge in [-0.3, -0.25) is 4.79 Å². The van der Waals surface area contributed by atoms with Crippen molar-refractivity contribution in [2.45, 2.75) is 0 Å². The van der Waals surface area contributed by atoms with Crippen LogP contribution in [0.15, 0.2) is 5.10 Å². The number of carbonyl (C=O) groups excluding carboxylic acids is 1. The zero-order valence-corrected chi connectivity index (χ0v) is 9.36. The molecule has 2 amide bonds. The molecule has 0 aliphatic heterocycles. The van der Waals surface area contributed by atoms with Crippen LogP contribution in [0.25, 0.3) is 4.85 Å². The highest BCUT2D eigenvalue weighted by molar-refractivity contribution is 8.16. The molecular formula is C5HN7O3S2.